The van der Waals surface area contributed by atoms with Crippen molar-refractivity contribution in [2.45, 2.75) is 43.9 Å². The molecule has 0 unspecified atom stereocenters. The molecule has 0 fully saturated rings. The van der Waals surface area contributed by atoms with E-state index in [-0.39, 0.29) is 57.1 Å². The van der Waals surface area contributed by atoms with Crippen LogP contribution in [0.5, 0.6) is 17.2 Å². The summed E-state index contributed by atoms with van der Waals surface area (Å²) in [4.78, 5) is -0.437. The smallest absolute Gasteiger partial charge is 0.870 e. The fourth-order valence-electron chi connectivity index (χ4n) is 2.40. The summed E-state index contributed by atoms with van der Waals surface area (Å²) in [6.45, 7) is 2.16. The summed E-state index contributed by atoms with van der Waals surface area (Å²) in [6.07, 6.45) is 5.39. The monoisotopic (exact) mass is 388 g/mol. The van der Waals surface area contributed by atoms with Crippen molar-refractivity contribution in [1.29, 1.82) is 0 Å². The van der Waals surface area contributed by atoms with Crippen LogP contribution >= 0.6 is 0 Å². The van der Waals surface area contributed by atoms with E-state index >= 15 is 0 Å². The molecule has 2 aromatic rings. The van der Waals surface area contributed by atoms with Crippen LogP contribution in [-0.2, 0) is 16.5 Å². The van der Waals surface area contributed by atoms with E-state index in [1.54, 1.807) is 6.07 Å². The maximum absolute atomic E-state index is 12.0. The van der Waals surface area contributed by atoms with Crippen LogP contribution in [0, 0.1) is 0 Å². The largest absolute Gasteiger partial charge is 1.00 e. The number of rotatable bonds is 8. The van der Waals surface area contributed by atoms with Crippen LogP contribution in [0.15, 0.2) is 47.4 Å². The predicted octanol–water partition coefficient (Wildman–Crippen LogP) is 0.926. The van der Waals surface area contributed by atoms with E-state index in [0.29, 0.717) is 5.75 Å². The summed E-state index contributed by atoms with van der Waals surface area (Å²) in [5, 5.41) is 12.0. The summed E-state index contributed by atoms with van der Waals surface area (Å²) >= 11 is 0. The Labute approximate surface area is 191 Å². The van der Waals surface area contributed by atoms with E-state index in [2.05, 4.69) is 6.92 Å². The molecule has 5 nitrogen and oxygen atoms in total. The maximum Gasteiger partial charge on any atom is 1.00 e. The Kier molecular flexibility index (Phi) is 9.65. The fourth-order valence-corrected chi connectivity index (χ4v) is 2.90. The molecular formula is C18H21KO5S. The molecule has 0 aliphatic rings. The van der Waals surface area contributed by atoms with Gasteiger partial charge in [0.25, 0.3) is 10.1 Å². The summed E-state index contributed by atoms with van der Waals surface area (Å²) < 4.78 is 36.8. The van der Waals surface area contributed by atoms with Crippen LogP contribution in [0.2, 0.25) is 0 Å². The van der Waals surface area contributed by atoms with Crippen LogP contribution < -0.4 is 61.2 Å². The first kappa shape index (κ1) is 22.6. The van der Waals surface area contributed by atoms with Gasteiger partial charge >= 0.3 is 51.4 Å². The van der Waals surface area contributed by atoms with Gasteiger partial charge in [0.05, 0.1) is 4.90 Å². The minimum absolute atomic E-state index is 0. The molecule has 0 heterocycles. The zero-order valence-electron chi connectivity index (χ0n) is 14.6. The van der Waals surface area contributed by atoms with Crippen molar-refractivity contribution in [1.82, 2.24) is 0 Å². The van der Waals surface area contributed by atoms with Gasteiger partial charge in [-0.2, -0.15) is 8.42 Å². The number of aryl methyl sites for hydroxylation is 1. The molecular weight excluding hydrogens is 367 g/mol. The first-order valence-corrected chi connectivity index (χ1v) is 9.40. The van der Waals surface area contributed by atoms with E-state index in [1.807, 2.05) is 18.2 Å². The van der Waals surface area contributed by atoms with Gasteiger partial charge in [-0.3, -0.25) is 4.55 Å². The Bertz CT molecular complexity index is 790. The number of benzene rings is 2. The zero-order valence-corrected chi connectivity index (χ0v) is 18.5. The second-order valence-electron chi connectivity index (χ2n) is 5.60. The SMILES string of the molecule is CCCCCCc1ccccc1Oc1ccc(S(=O)(=O)O)cc1[O-].[K+]. The molecule has 0 saturated carbocycles. The zero-order chi connectivity index (χ0) is 17.6. The van der Waals surface area contributed by atoms with Gasteiger partial charge in [0, 0.05) is 0 Å². The van der Waals surface area contributed by atoms with E-state index in [9.17, 15) is 13.5 Å². The van der Waals surface area contributed by atoms with Crippen LogP contribution in [0.3, 0.4) is 0 Å². The van der Waals surface area contributed by atoms with Gasteiger partial charge in [0.15, 0.2) is 0 Å². The molecule has 1 N–H and O–H groups in total. The van der Waals surface area contributed by atoms with Gasteiger partial charge in [-0.1, -0.05) is 50.1 Å². The number of hydrogen-bond donors (Lipinski definition) is 1. The Hall–Kier alpha value is -0.414. The summed E-state index contributed by atoms with van der Waals surface area (Å²) in [5.74, 6) is 0.0278. The molecule has 0 aliphatic heterocycles. The third-order valence-electron chi connectivity index (χ3n) is 3.71. The van der Waals surface area contributed by atoms with Crippen molar-refractivity contribution in [2.75, 3.05) is 0 Å². The van der Waals surface area contributed by atoms with E-state index in [1.165, 1.54) is 12.5 Å². The molecule has 7 heteroatoms. The fraction of sp³-hybridized carbons (Fsp3) is 0.333. The van der Waals surface area contributed by atoms with Gasteiger partial charge < -0.3 is 9.84 Å². The van der Waals surface area contributed by atoms with Crippen LogP contribution in [0.4, 0.5) is 0 Å². The molecule has 2 aromatic carbocycles. The van der Waals surface area contributed by atoms with Gasteiger partial charge in [0.1, 0.15) is 11.5 Å². The average Bonchev–Trinajstić information content (AvgIpc) is 2.54. The third kappa shape index (κ3) is 7.01. The standard InChI is InChI=1S/C18H22O5S.K/c1-2-3-4-5-8-14-9-6-7-10-17(14)23-18-12-11-15(13-16(18)19)24(20,21)22;/h6-7,9-13,19H,2-5,8H2,1H3,(H,20,21,22);/q;+1/p-1. The number of ether oxygens (including phenoxy) is 1. The van der Waals surface area contributed by atoms with Gasteiger partial charge in [0.2, 0.25) is 0 Å². The van der Waals surface area contributed by atoms with Crippen molar-refractivity contribution >= 4 is 10.1 Å². The number of hydrogen-bond acceptors (Lipinski definition) is 4. The van der Waals surface area contributed by atoms with Gasteiger partial charge in [-0.05, 0) is 42.7 Å². The Morgan fingerprint density at radius 1 is 1.04 bits per heavy atom. The maximum atomic E-state index is 12.0. The minimum atomic E-state index is -4.40. The first-order chi connectivity index (χ1) is 11.4. The normalized spacial score (nSPS) is 11.0. The Morgan fingerprint density at radius 3 is 2.40 bits per heavy atom. The molecule has 0 bridgehead atoms. The van der Waals surface area contributed by atoms with Gasteiger partial charge in [-0.25, -0.2) is 0 Å². The molecule has 130 valence electrons. The molecule has 0 radical (unpaired) electrons. The van der Waals surface area contributed by atoms with Crippen molar-refractivity contribution in [3.8, 4) is 17.2 Å². The van der Waals surface area contributed by atoms with E-state index in [0.717, 1.165) is 43.4 Å². The van der Waals surface area contributed by atoms with Crippen molar-refractivity contribution in [3.63, 3.8) is 0 Å². The topological polar surface area (TPSA) is 86.7 Å². The molecule has 0 amide bonds. The summed E-state index contributed by atoms with van der Waals surface area (Å²) in [5.41, 5.74) is 1.01. The number of para-hydroxylation sites is 1. The second-order valence-corrected chi connectivity index (χ2v) is 7.03. The molecule has 0 aliphatic carbocycles. The molecule has 0 atom stereocenters. The quantitative estimate of drug-likeness (QED) is 0.413. The van der Waals surface area contributed by atoms with Crippen LogP contribution in [0.25, 0.3) is 0 Å². The molecule has 0 spiro atoms. The molecule has 0 saturated heterocycles. The van der Waals surface area contributed by atoms with Crippen LogP contribution in [-0.4, -0.2) is 13.0 Å². The molecule has 0 aromatic heterocycles. The molecule has 25 heavy (non-hydrogen) atoms. The average molecular weight is 389 g/mol. The first-order valence-electron chi connectivity index (χ1n) is 7.96. The van der Waals surface area contributed by atoms with Crippen molar-refractivity contribution in [2.24, 2.45) is 0 Å². The number of unbranched alkanes of at least 4 members (excludes halogenated alkanes) is 3. The van der Waals surface area contributed by atoms with Crippen LogP contribution in [0.1, 0.15) is 38.2 Å². The Morgan fingerprint density at radius 2 is 1.76 bits per heavy atom. The second kappa shape index (κ2) is 10.7. The molecule has 2 rings (SSSR count). The third-order valence-corrected chi connectivity index (χ3v) is 4.55. The minimum Gasteiger partial charge on any atom is -0.870 e. The Balaban J connectivity index is 0.00000312. The predicted molar refractivity (Wildman–Crippen MR) is 90.1 cm³/mol. The van der Waals surface area contributed by atoms with Crippen molar-refractivity contribution in [3.05, 3.63) is 48.0 Å². The summed E-state index contributed by atoms with van der Waals surface area (Å²) in [6, 6.07) is 10.7. The van der Waals surface area contributed by atoms with E-state index in [4.69, 9.17) is 9.29 Å². The summed E-state index contributed by atoms with van der Waals surface area (Å²) in [7, 11) is -4.40. The van der Waals surface area contributed by atoms with Gasteiger partial charge in [-0.15, -0.1) is 0 Å². The van der Waals surface area contributed by atoms with E-state index < -0.39 is 20.8 Å². The van der Waals surface area contributed by atoms with Crippen molar-refractivity contribution < 1.29 is 74.2 Å².